The van der Waals surface area contributed by atoms with Crippen LogP contribution in [0.5, 0.6) is 0 Å². The Morgan fingerprint density at radius 3 is 2.26 bits per heavy atom. The molecule has 3 aromatic rings. The van der Waals surface area contributed by atoms with Gasteiger partial charge in [-0.15, -0.1) is 0 Å². The maximum Gasteiger partial charge on any atom is 0.241 e. The molecule has 0 saturated carbocycles. The second-order valence-corrected chi connectivity index (χ2v) is 7.02. The molecule has 0 aliphatic heterocycles. The van der Waals surface area contributed by atoms with Crippen LogP contribution >= 0.6 is 0 Å². The van der Waals surface area contributed by atoms with Crippen LogP contribution in [0.25, 0.3) is 10.8 Å². The smallest absolute Gasteiger partial charge is 0.241 e. The molecule has 0 aliphatic rings. The number of rotatable bonds is 5. The third-order valence-electron chi connectivity index (χ3n) is 3.79. The molecule has 0 fully saturated rings. The Kier molecular flexibility index (Phi) is 4.43. The fraction of sp³-hybridized carbons (Fsp3) is 0.111. The summed E-state index contributed by atoms with van der Waals surface area (Å²) in [7, 11) is -3.60. The lowest BCUT2D eigenvalue weighted by molar-refractivity contribution is 0.582. The van der Waals surface area contributed by atoms with E-state index in [2.05, 4.69) is 4.72 Å². The highest BCUT2D eigenvalue weighted by atomic mass is 32.2. The zero-order chi connectivity index (χ0) is 16.3. The van der Waals surface area contributed by atoms with Gasteiger partial charge in [0.05, 0.1) is 4.90 Å². The molecule has 118 valence electrons. The lowest BCUT2D eigenvalue weighted by Gasteiger charge is -2.11. The van der Waals surface area contributed by atoms with E-state index in [9.17, 15) is 8.42 Å². The van der Waals surface area contributed by atoms with Gasteiger partial charge >= 0.3 is 0 Å². The molecule has 23 heavy (non-hydrogen) atoms. The molecular formula is C18H18N2O2S. The Morgan fingerprint density at radius 2 is 1.52 bits per heavy atom. The predicted molar refractivity (Wildman–Crippen MR) is 92.3 cm³/mol. The molecular weight excluding hydrogens is 308 g/mol. The number of hydrogen-bond donors (Lipinski definition) is 2. The Balaban J connectivity index is 1.98. The molecule has 5 heteroatoms. The molecule has 0 bridgehead atoms. The maximum absolute atomic E-state index is 12.7. The Morgan fingerprint density at radius 1 is 0.826 bits per heavy atom. The van der Waals surface area contributed by atoms with Gasteiger partial charge in [0.2, 0.25) is 10.0 Å². The number of sulfonamides is 1. The van der Waals surface area contributed by atoms with E-state index in [0.717, 1.165) is 16.5 Å². The lowest BCUT2D eigenvalue weighted by atomic mass is 10.0. The highest BCUT2D eigenvalue weighted by Crippen LogP contribution is 2.25. The number of nitrogens with one attached hydrogen (secondary N) is 1. The number of nitrogens with two attached hydrogens (primary N) is 1. The Labute approximate surface area is 136 Å². The van der Waals surface area contributed by atoms with Gasteiger partial charge in [0.1, 0.15) is 0 Å². The highest BCUT2D eigenvalue weighted by Gasteiger charge is 2.17. The Bertz CT molecular complexity index is 922. The van der Waals surface area contributed by atoms with Crippen molar-refractivity contribution in [2.45, 2.75) is 18.0 Å². The predicted octanol–water partition coefficient (Wildman–Crippen LogP) is 2.78. The van der Waals surface area contributed by atoms with Crippen LogP contribution in [0.15, 0.2) is 71.6 Å². The summed E-state index contributed by atoms with van der Waals surface area (Å²) in [5, 5.41) is 1.56. The fourth-order valence-electron chi connectivity index (χ4n) is 2.61. The number of fused-ring (bicyclic) bond motifs is 1. The van der Waals surface area contributed by atoms with Gasteiger partial charge in [-0.2, -0.15) is 0 Å². The molecule has 0 amide bonds. The quantitative estimate of drug-likeness (QED) is 0.757. The fourth-order valence-corrected chi connectivity index (χ4v) is 3.85. The molecule has 0 aromatic heterocycles. The van der Waals surface area contributed by atoms with E-state index in [1.807, 2.05) is 54.6 Å². The maximum atomic E-state index is 12.7. The molecule has 3 aromatic carbocycles. The summed E-state index contributed by atoms with van der Waals surface area (Å²) < 4.78 is 28.0. The average Bonchev–Trinajstić information content (AvgIpc) is 2.60. The first-order valence-corrected chi connectivity index (χ1v) is 8.84. The summed E-state index contributed by atoms with van der Waals surface area (Å²) in [5.74, 6) is 0. The average molecular weight is 326 g/mol. The molecule has 4 nitrogen and oxygen atoms in total. The standard InChI is InChI=1S/C18H18N2O2S/c19-12-15-8-4-10-17-16(15)9-5-11-18(17)23(21,22)20-13-14-6-2-1-3-7-14/h1-11,20H,12-13,19H2. The second-order valence-electron chi connectivity index (χ2n) is 5.28. The van der Waals surface area contributed by atoms with Gasteiger partial charge < -0.3 is 5.73 Å². The normalized spacial score (nSPS) is 11.7. The van der Waals surface area contributed by atoms with Gasteiger partial charge in [-0.05, 0) is 22.6 Å². The van der Waals surface area contributed by atoms with E-state index >= 15 is 0 Å². The summed E-state index contributed by atoms with van der Waals surface area (Å²) in [4.78, 5) is 0.279. The van der Waals surface area contributed by atoms with Crippen LogP contribution in [0.3, 0.4) is 0 Å². The molecule has 0 saturated heterocycles. The summed E-state index contributed by atoms with van der Waals surface area (Å²) in [5.41, 5.74) is 7.59. The summed E-state index contributed by atoms with van der Waals surface area (Å²) in [6, 6.07) is 20.3. The molecule has 0 aliphatic carbocycles. The van der Waals surface area contributed by atoms with Crippen LogP contribution in [0.2, 0.25) is 0 Å². The van der Waals surface area contributed by atoms with Crippen LogP contribution in [-0.4, -0.2) is 8.42 Å². The van der Waals surface area contributed by atoms with Crippen LogP contribution in [0, 0.1) is 0 Å². The minimum absolute atomic E-state index is 0.260. The summed E-state index contributed by atoms with van der Waals surface area (Å²) in [6.45, 7) is 0.633. The molecule has 0 radical (unpaired) electrons. The van der Waals surface area contributed by atoms with E-state index in [1.54, 1.807) is 12.1 Å². The minimum Gasteiger partial charge on any atom is -0.326 e. The van der Waals surface area contributed by atoms with Crippen molar-refractivity contribution < 1.29 is 8.42 Å². The molecule has 0 atom stereocenters. The van der Waals surface area contributed by atoms with Gasteiger partial charge in [0.15, 0.2) is 0 Å². The van der Waals surface area contributed by atoms with Gasteiger partial charge in [-0.25, -0.2) is 13.1 Å². The van der Waals surface area contributed by atoms with Crippen molar-refractivity contribution in [3.63, 3.8) is 0 Å². The molecule has 0 unspecified atom stereocenters. The van der Waals surface area contributed by atoms with Gasteiger partial charge in [0, 0.05) is 18.5 Å². The van der Waals surface area contributed by atoms with Crippen LogP contribution in [-0.2, 0) is 23.1 Å². The van der Waals surface area contributed by atoms with Crippen molar-refractivity contribution in [1.29, 1.82) is 0 Å². The van der Waals surface area contributed by atoms with Gasteiger partial charge in [0.25, 0.3) is 0 Å². The molecule has 3 rings (SSSR count). The van der Waals surface area contributed by atoms with E-state index in [-0.39, 0.29) is 11.4 Å². The largest absolute Gasteiger partial charge is 0.326 e. The Hall–Kier alpha value is -2.21. The zero-order valence-electron chi connectivity index (χ0n) is 12.6. The SMILES string of the molecule is NCc1cccc2c(S(=O)(=O)NCc3ccccc3)cccc12. The van der Waals surface area contributed by atoms with Crippen molar-refractivity contribution in [3.05, 3.63) is 77.9 Å². The lowest BCUT2D eigenvalue weighted by Crippen LogP contribution is -2.23. The first kappa shape index (κ1) is 15.7. The first-order valence-electron chi connectivity index (χ1n) is 7.36. The van der Waals surface area contributed by atoms with Crippen molar-refractivity contribution in [1.82, 2.24) is 4.72 Å². The highest BCUT2D eigenvalue weighted by molar-refractivity contribution is 7.89. The second kappa shape index (κ2) is 6.50. The van der Waals surface area contributed by atoms with E-state index in [4.69, 9.17) is 5.73 Å². The van der Waals surface area contributed by atoms with Crippen LogP contribution in [0.1, 0.15) is 11.1 Å². The number of benzene rings is 3. The molecule has 0 heterocycles. The van der Waals surface area contributed by atoms with Crippen molar-refractivity contribution in [2.24, 2.45) is 5.73 Å². The van der Waals surface area contributed by atoms with Gasteiger partial charge in [-0.3, -0.25) is 0 Å². The van der Waals surface area contributed by atoms with E-state index < -0.39 is 10.0 Å². The summed E-state index contributed by atoms with van der Waals surface area (Å²) in [6.07, 6.45) is 0. The van der Waals surface area contributed by atoms with Crippen molar-refractivity contribution in [3.8, 4) is 0 Å². The molecule has 3 N–H and O–H groups in total. The number of hydrogen-bond acceptors (Lipinski definition) is 3. The molecule has 0 spiro atoms. The first-order chi connectivity index (χ1) is 11.1. The van der Waals surface area contributed by atoms with E-state index in [0.29, 0.717) is 11.9 Å². The van der Waals surface area contributed by atoms with Crippen molar-refractivity contribution in [2.75, 3.05) is 0 Å². The van der Waals surface area contributed by atoms with Gasteiger partial charge in [-0.1, -0.05) is 60.7 Å². The minimum atomic E-state index is -3.60. The topological polar surface area (TPSA) is 72.2 Å². The van der Waals surface area contributed by atoms with Crippen LogP contribution in [0.4, 0.5) is 0 Å². The van der Waals surface area contributed by atoms with Crippen LogP contribution < -0.4 is 10.5 Å². The third-order valence-corrected chi connectivity index (χ3v) is 5.25. The third kappa shape index (κ3) is 3.27. The zero-order valence-corrected chi connectivity index (χ0v) is 13.4. The monoisotopic (exact) mass is 326 g/mol. The van der Waals surface area contributed by atoms with Crippen molar-refractivity contribution >= 4 is 20.8 Å². The summed E-state index contributed by atoms with van der Waals surface area (Å²) >= 11 is 0. The van der Waals surface area contributed by atoms with E-state index in [1.165, 1.54) is 0 Å².